The monoisotopic (exact) mass is 310 g/mol. The smallest absolute Gasteiger partial charge is 0.161 e. The number of ether oxygens (including phenoxy) is 3. The first kappa shape index (κ1) is 16.2. The third kappa shape index (κ3) is 3.38. The van der Waals surface area contributed by atoms with Crippen LogP contribution in [-0.4, -0.2) is 21.3 Å². The third-order valence-corrected chi connectivity index (χ3v) is 3.44. The second kappa shape index (κ2) is 7.23. The van der Waals surface area contributed by atoms with Crippen LogP contribution in [-0.2, 0) is 0 Å². The molecule has 0 saturated heterocycles. The van der Waals surface area contributed by atoms with Gasteiger partial charge in [-0.25, -0.2) is 0 Å². The Bertz CT molecular complexity index is 776. The molecule has 118 valence electrons. The molecule has 5 nitrogen and oxygen atoms in total. The highest BCUT2D eigenvalue weighted by molar-refractivity contribution is 5.84. The van der Waals surface area contributed by atoms with Crippen LogP contribution in [0.5, 0.6) is 17.2 Å². The first-order valence-corrected chi connectivity index (χ1v) is 6.90. The van der Waals surface area contributed by atoms with Gasteiger partial charge in [0.05, 0.1) is 33.1 Å². The lowest BCUT2D eigenvalue weighted by atomic mass is 9.96. The predicted molar refractivity (Wildman–Crippen MR) is 89.6 cm³/mol. The number of hydrogen-bond acceptors (Lipinski definition) is 5. The number of anilines is 1. The van der Waals surface area contributed by atoms with E-state index in [4.69, 9.17) is 25.2 Å². The van der Waals surface area contributed by atoms with Crippen LogP contribution in [0.3, 0.4) is 0 Å². The van der Waals surface area contributed by atoms with Crippen molar-refractivity contribution in [3.05, 3.63) is 53.6 Å². The Morgan fingerprint density at radius 3 is 2.00 bits per heavy atom. The van der Waals surface area contributed by atoms with Crippen LogP contribution in [0.25, 0.3) is 5.57 Å². The molecule has 0 spiro atoms. The zero-order valence-corrected chi connectivity index (χ0v) is 13.3. The van der Waals surface area contributed by atoms with Crippen molar-refractivity contribution in [2.45, 2.75) is 0 Å². The van der Waals surface area contributed by atoms with Gasteiger partial charge < -0.3 is 19.9 Å². The summed E-state index contributed by atoms with van der Waals surface area (Å²) < 4.78 is 15.7. The van der Waals surface area contributed by atoms with Gasteiger partial charge in [0.1, 0.15) is 5.75 Å². The quantitative estimate of drug-likeness (QED) is 0.677. The Morgan fingerprint density at radius 1 is 0.913 bits per heavy atom. The summed E-state index contributed by atoms with van der Waals surface area (Å²) in [7, 11) is 4.71. The molecule has 5 heteroatoms. The number of hydrogen-bond donors (Lipinski definition) is 1. The maximum Gasteiger partial charge on any atom is 0.161 e. The first-order valence-electron chi connectivity index (χ1n) is 6.90. The molecule has 0 aliphatic heterocycles. The fourth-order valence-electron chi connectivity index (χ4n) is 2.30. The van der Waals surface area contributed by atoms with E-state index in [1.165, 1.54) is 6.08 Å². The topological polar surface area (TPSA) is 77.5 Å². The van der Waals surface area contributed by atoms with Crippen LogP contribution in [0, 0.1) is 11.3 Å². The van der Waals surface area contributed by atoms with E-state index in [1.54, 1.807) is 39.5 Å². The summed E-state index contributed by atoms with van der Waals surface area (Å²) in [5.41, 5.74) is 8.86. The highest BCUT2D eigenvalue weighted by atomic mass is 16.5. The van der Waals surface area contributed by atoms with Gasteiger partial charge in [-0.1, -0.05) is 12.1 Å². The van der Waals surface area contributed by atoms with E-state index >= 15 is 0 Å². The molecule has 2 aromatic carbocycles. The molecule has 0 radical (unpaired) electrons. The van der Waals surface area contributed by atoms with Crippen LogP contribution < -0.4 is 19.9 Å². The summed E-state index contributed by atoms with van der Waals surface area (Å²) in [6.45, 7) is 0. The van der Waals surface area contributed by atoms with E-state index in [-0.39, 0.29) is 0 Å². The maximum atomic E-state index is 9.12. The zero-order chi connectivity index (χ0) is 16.8. The minimum absolute atomic E-state index is 0.509. The summed E-state index contributed by atoms with van der Waals surface area (Å²) in [6.07, 6.45) is 1.47. The Morgan fingerprint density at radius 2 is 1.48 bits per heavy atom. The molecule has 0 aliphatic carbocycles. The average molecular weight is 310 g/mol. The first-order chi connectivity index (χ1) is 11.1. The Balaban J connectivity index is 2.54. The average Bonchev–Trinajstić information content (AvgIpc) is 2.59. The number of nitrogens with two attached hydrogens (primary N) is 1. The van der Waals surface area contributed by atoms with Crippen molar-refractivity contribution in [3.63, 3.8) is 0 Å². The lowest BCUT2D eigenvalue weighted by Gasteiger charge is -2.13. The molecule has 0 aromatic heterocycles. The fraction of sp³-hybridized carbons (Fsp3) is 0.167. The SMILES string of the molecule is COc1ccc(/C(=C\C#N)c2ccc(OC)c(OC)c2)cc1N. The second-order valence-corrected chi connectivity index (χ2v) is 4.71. The highest BCUT2D eigenvalue weighted by Gasteiger charge is 2.11. The van der Waals surface area contributed by atoms with Gasteiger partial charge in [-0.3, -0.25) is 0 Å². The van der Waals surface area contributed by atoms with E-state index in [2.05, 4.69) is 6.07 Å². The molecule has 0 amide bonds. The van der Waals surface area contributed by atoms with Gasteiger partial charge in [0.25, 0.3) is 0 Å². The molecule has 23 heavy (non-hydrogen) atoms. The number of nitrogens with zero attached hydrogens (tertiary/aromatic N) is 1. The normalized spacial score (nSPS) is 10.8. The number of nitriles is 1. The number of nitrogen functional groups attached to an aromatic ring is 1. The van der Waals surface area contributed by atoms with Crippen LogP contribution in [0.4, 0.5) is 5.69 Å². The van der Waals surface area contributed by atoms with E-state index in [9.17, 15) is 0 Å². The van der Waals surface area contributed by atoms with Gasteiger partial charge in [-0.2, -0.15) is 5.26 Å². The molecular weight excluding hydrogens is 292 g/mol. The van der Waals surface area contributed by atoms with Crippen molar-refractivity contribution in [2.24, 2.45) is 0 Å². The molecule has 0 atom stereocenters. The number of allylic oxidation sites excluding steroid dienone is 1. The molecule has 0 heterocycles. The predicted octanol–water partition coefficient (Wildman–Crippen LogP) is 3.25. The Labute approximate surface area is 135 Å². The summed E-state index contributed by atoms with van der Waals surface area (Å²) >= 11 is 0. The van der Waals surface area contributed by atoms with E-state index in [0.717, 1.165) is 16.7 Å². The minimum atomic E-state index is 0.509. The summed E-state index contributed by atoms with van der Waals surface area (Å²) in [5.74, 6) is 1.81. The number of benzene rings is 2. The van der Waals surface area contributed by atoms with E-state index in [0.29, 0.717) is 22.9 Å². The number of rotatable bonds is 5. The van der Waals surface area contributed by atoms with Crippen molar-refractivity contribution < 1.29 is 14.2 Å². The molecule has 2 rings (SSSR count). The largest absolute Gasteiger partial charge is 0.495 e. The lowest BCUT2D eigenvalue weighted by Crippen LogP contribution is -1.96. The van der Waals surface area contributed by atoms with Crippen LogP contribution in [0.1, 0.15) is 11.1 Å². The number of methoxy groups -OCH3 is 3. The van der Waals surface area contributed by atoms with E-state index in [1.807, 2.05) is 18.2 Å². The van der Waals surface area contributed by atoms with Gasteiger partial charge in [0.15, 0.2) is 11.5 Å². The van der Waals surface area contributed by atoms with Gasteiger partial charge in [0, 0.05) is 6.08 Å². The van der Waals surface area contributed by atoms with Gasteiger partial charge in [0.2, 0.25) is 0 Å². The molecule has 0 unspecified atom stereocenters. The molecule has 0 saturated carbocycles. The summed E-state index contributed by atoms with van der Waals surface area (Å²) in [4.78, 5) is 0. The maximum absolute atomic E-state index is 9.12. The minimum Gasteiger partial charge on any atom is -0.495 e. The van der Waals surface area contributed by atoms with Gasteiger partial charge >= 0.3 is 0 Å². The van der Waals surface area contributed by atoms with Crippen molar-refractivity contribution in [1.82, 2.24) is 0 Å². The molecule has 2 aromatic rings. The van der Waals surface area contributed by atoms with Crippen molar-refractivity contribution in [1.29, 1.82) is 5.26 Å². The van der Waals surface area contributed by atoms with Crippen molar-refractivity contribution in [2.75, 3.05) is 27.1 Å². The third-order valence-electron chi connectivity index (χ3n) is 3.44. The van der Waals surface area contributed by atoms with Crippen LogP contribution in [0.2, 0.25) is 0 Å². The van der Waals surface area contributed by atoms with Crippen molar-refractivity contribution >= 4 is 11.3 Å². The summed E-state index contributed by atoms with van der Waals surface area (Å²) in [6, 6.07) is 13.0. The standard InChI is InChI=1S/C18H18N2O3/c1-21-16-6-4-12(10-15(16)20)14(8-9-19)13-5-7-17(22-2)18(11-13)23-3/h4-8,10-11H,20H2,1-3H3/b14-8+. The zero-order valence-electron chi connectivity index (χ0n) is 13.3. The van der Waals surface area contributed by atoms with Crippen molar-refractivity contribution in [3.8, 4) is 23.3 Å². The molecule has 0 bridgehead atoms. The molecule has 0 fully saturated rings. The highest BCUT2D eigenvalue weighted by Crippen LogP contribution is 2.34. The Kier molecular flexibility index (Phi) is 5.11. The molecule has 0 aliphatic rings. The second-order valence-electron chi connectivity index (χ2n) is 4.71. The molecule has 2 N–H and O–H groups in total. The summed E-state index contributed by atoms with van der Waals surface area (Å²) in [5, 5.41) is 9.12. The van der Waals surface area contributed by atoms with Crippen LogP contribution in [0.15, 0.2) is 42.5 Å². The van der Waals surface area contributed by atoms with Crippen LogP contribution >= 0.6 is 0 Å². The van der Waals surface area contributed by atoms with Gasteiger partial charge in [-0.15, -0.1) is 0 Å². The lowest BCUT2D eigenvalue weighted by molar-refractivity contribution is 0.355. The molecular formula is C18H18N2O3. The van der Waals surface area contributed by atoms with E-state index < -0.39 is 0 Å². The van der Waals surface area contributed by atoms with Gasteiger partial charge in [-0.05, 0) is 41.0 Å². The Hall–Kier alpha value is -3.13. The fourth-order valence-corrected chi connectivity index (χ4v) is 2.30.